The molecule has 228 valence electrons. The summed E-state index contributed by atoms with van der Waals surface area (Å²) in [5, 5.41) is 11.6. The molecule has 2 aliphatic heterocycles. The Morgan fingerprint density at radius 1 is 1.12 bits per heavy atom. The van der Waals surface area contributed by atoms with Gasteiger partial charge < -0.3 is 10.2 Å². The third kappa shape index (κ3) is 6.43. The van der Waals surface area contributed by atoms with E-state index in [1.165, 1.54) is 43.4 Å². The van der Waals surface area contributed by atoms with E-state index in [1.54, 1.807) is 10.9 Å². The number of piperidine rings is 1. The van der Waals surface area contributed by atoms with Gasteiger partial charge in [-0.1, -0.05) is 35.3 Å². The number of rotatable bonds is 8. The minimum atomic E-state index is -4.11. The van der Waals surface area contributed by atoms with Crippen molar-refractivity contribution in [2.24, 2.45) is 5.92 Å². The molecule has 3 aliphatic rings. The minimum Gasteiger partial charge on any atom is -0.329 e. The lowest BCUT2D eigenvalue weighted by molar-refractivity contribution is -0.124. The molecule has 14 heteroatoms. The van der Waals surface area contributed by atoms with Gasteiger partial charge in [0.05, 0.1) is 26.7 Å². The quantitative estimate of drug-likeness (QED) is 0.393. The molecule has 2 aromatic heterocycles. The van der Waals surface area contributed by atoms with E-state index in [1.807, 2.05) is 6.20 Å². The van der Waals surface area contributed by atoms with E-state index in [4.69, 9.17) is 33.2 Å². The molecule has 2 atom stereocenters. The van der Waals surface area contributed by atoms with Crippen molar-refractivity contribution in [1.29, 1.82) is 0 Å². The molecule has 1 aromatic carbocycles. The van der Waals surface area contributed by atoms with Crippen molar-refractivity contribution in [3.8, 4) is 0 Å². The van der Waals surface area contributed by atoms with Crippen LogP contribution < -0.4 is 5.32 Å². The first-order chi connectivity index (χ1) is 20.7. The summed E-state index contributed by atoms with van der Waals surface area (Å²) in [4.78, 5) is 25.0. The van der Waals surface area contributed by atoms with Crippen LogP contribution in [0.3, 0.4) is 0 Å². The third-order valence-corrected chi connectivity index (χ3v) is 11.1. The summed E-state index contributed by atoms with van der Waals surface area (Å²) in [6, 6.07) is 2.89. The maximum Gasteiger partial charge on any atom is 0.264 e. The molecule has 43 heavy (non-hydrogen) atoms. The summed E-state index contributed by atoms with van der Waals surface area (Å²) in [5.41, 5.74) is 2.56. The highest BCUT2D eigenvalue weighted by Gasteiger charge is 2.37. The van der Waals surface area contributed by atoms with Crippen LogP contribution in [-0.2, 0) is 34.1 Å². The second kappa shape index (κ2) is 12.5. The van der Waals surface area contributed by atoms with Gasteiger partial charge in [-0.25, -0.2) is 23.1 Å². The second-order valence-corrected chi connectivity index (χ2v) is 14.2. The SMILES string of the molecule is CC1CCN(CCc2ncc3c(n2)CCC[C@H]3n2cc(C[C@@H]3C(=O)NC=CN3S(=O)(=O)c3ccc(Cl)c(Cl)c3)nn2)CC1. The number of aromatic nitrogens is 5. The van der Waals surface area contributed by atoms with Crippen molar-refractivity contribution in [3.63, 3.8) is 0 Å². The van der Waals surface area contributed by atoms with Crippen LogP contribution >= 0.6 is 23.2 Å². The molecule has 0 unspecified atom stereocenters. The molecule has 1 N–H and O–H groups in total. The predicted octanol–water partition coefficient (Wildman–Crippen LogP) is 3.78. The fourth-order valence-corrected chi connectivity index (χ4v) is 7.80. The van der Waals surface area contributed by atoms with E-state index in [9.17, 15) is 13.2 Å². The summed E-state index contributed by atoms with van der Waals surface area (Å²) < 4.78 is 29.8. The summed E-state index contributed by atoms with van der Waals surface area (Å²) in [6.07, 6.45) is 12.4. The normalized spacial score (nSPS) is 21.6. The van der Waals surface area contributed by atoms with Crippen LogP contribution in [-0.4, -0.2) is 74.2 Å². The van der Waals surface area contributed by atoms with E-state index in [2.05, 4.69) is 27.5 Å². The number of hydrogen-bond donors (Lipinski definition) is 1. The molecule has 0 radical (unpaired) electrons. The maximum absolute atomic E-state index is 13.5. The van der Waals surface area contributed by atoms with Gasteiger partial charge in [-0.15, -0.1) is 5.10 Å². The summed E-state index contributed by atoms with van der Waals surface area (Å²) in [5.74, 6) is 1.21. The largest absolute Gasteiger partial charge is 0.329 e. The molecule has 1 fully saturated rings. The van der Waals surface area contributed by atoms with Gasteiger partial charge in [-0.05, 0) is 69.3 Å². The number of sulfonamides is 1. The zero-order valence-corrected chi connectivity index (χ0v) is 26.2. The van der Waals surface area contributed by atoms with Crippen molar-refractivity contribution >= 4 is 39.1 Å². The van der Waals surface area contributed by atoms with E-state index >= 15 is 0 Å². The zero-order chi connectivity index (χ0) is 30.1. The van der Waals surface area contributed by atoms with Crippen molar-refractivity contribution in [1.82, 2.24) is 39.5 Å². The van der Waals surface area contributed by atoms with Crippen LogP contribution in [0.4, 0.5) is 0 Å². The van der Waals surface area contributed by atoms with Gasteiger partial charge in [0.1, 0.15) is 11.9 Å². The molecule has 1 saturated heterocycles. The molecule has 0 bridgehead atoms. The van der Waals surface area contributed by atoms with Crippen LogP contribution in [0.1, 0.15) is 61.4 Å². The Morgan fingerprint density at radius 2 is 1.93 bits per heavy atom. The first-order valence-electron chi connectivity index (χ1n) is 14.6. The second-order valence-electron chi connectivity index (χ2n) is 11.5. The van der Waals surface area contributed by atoms with Crippen molar-refractivity contribution < 1.29 is 13.2 Å². The van der Waals surface area contributed by atoms with Gasteiger partial charge in [0.15, 0.2) is 0 Å². The van der Waals surface area contributed by atoms with Gasteiger partial charge in [0.25, 0.3) is 10.0 Å². The lowest BCUT2D eigenvalue weighted by Crippen LogP contribution is -2.50. The lowest BCUT2D eigenvalue weighted by Gasteiger charge is -2.31. The number of carbonyl (C=O) groups is 1. The Balaban J connectivity index is 1.17. The number of nitrogens with one attached hydrogen (secondary N) is 1. The summed E-state index contributed by atoms with van der Waals surface area (Å²) in [7, 11) is -4.11. The summed E-state index contributed by atoms with van der Waals surface area (Å²) >= 11 is 12.1. The van der Waals surface area contributed by atoms with Gasteiger partial charge in [-0.2, -0.15) is 0 Å². The first kappa shape index (κ1) is 30.0. The number of carbonyl (C=O) groups excluding carboxylic acids is 1. The maximum atomic E-state index is 13.5. The summed E-state index contributed by atoms with van der Waals surface area (Å²) in [6.45, 7) is 5.58. The molecule has 11 nitrogen and oxygen atoms in total. The highest BCUT2D eigenvalue weighted by Crippen LogP contribution is 2.32. The molecule has 0 spiro atoms. The number of nitrogens with zero attached hydrogens (tertiary/aromatic N) is 7. The number of hydrogen-bond acceptors (Lipinski definition) is 8. The van der Waals surface area contributed by atoms with E-state index < -0.39 is 22.0 Å². The number of likely N-dealkylation sites (tertiary alicyclic amines) is 1. The smallest absolute Gasteiger partial charge is 0.264 e. The molecule has 6 rings (SSSR count). The number of fused-ring (bicyclic) bond motifs is 1. The van der Waals surface area contributed by atoms with E-state index in [-0.39, 0.29) is 27.4 Å². The zero-order valence-electron chi connectivity index (χ0n) is 23.9. The lowest BCUT2D eigenvalue weighted by atomic mass is 9.92. The van der Waals surface area contributed by atoms with Crippen molar-refractivity contribution in [2.75, 3.05) is 19.6 Å². The van der Waals surface area contributed by atoms with Gasteiger partial charge in [0, 0.05) is 55.4 Å². The monoisotopic (exact) mass is 644 g/mol. The molecular formula is C29H34Cl2N8O3S. The predicted molar refractivity (Wildman–Crippen MR) is 162 cm³/mol. The van der Waals surface area contributed by atoms with Crippen molar-refractivity contribution in [2.45, 2.75) is 68.8 Å². The Bertz CT molecular complexity index is 1640. The van der Waals surface area contributed by atoms with Gasteiger partial charge in [0.2, 0.25) is 5.91 Å². The number of halogens is 2. The van der Waals surface area contributed by atoms with Gasteiger partial charge in [-0.3, -0.25) is 9.10 Å². The van der Waals surface area contributed by atoms with Crippen molar-refractivity contribution in [3.05, 3.63) is 75.8 Å². The molecule has 0 saturated carbocycles. The van der Waals surface area contributed by atoms with E-state index in [0.29, 0.717) is 5.69 Å². The standard InChI is InChI=1S/C29H34Cl2N8O3S/c1-19-7-11-37(12-8-19)13-9-28-33-17-22-25(34-28)3-2-4-26(22)38-18-20(35-36-38)15-27-29(40)32-10-14-39(27)43(41,42)21-5-6-23(30)24(31)16-21/h5-6,10,14,16-19,26-27H,2-4,7-9,11-13,15H2,1H3,(H,32,40)/t26-,27-/m1/s1. The van der Waals surface area contributed by atoms with Gasteiger partial charge >= 0.3 is 0 Å². The number of amides is 1. The molecule has 3 aromatic rings. The number of aryl methyl sites for hydroxylation is 1. The molecule has 1 aliphatic carbocycles. The highest BCUT2D eigenvalue weighted by atomic mass is 35.5. The number of benzene rings is 1. The Kier molecular flexibility index (Phi) is 8.72. The Morgan fingerprint density at radius 3 is 2.72 bits per heavy atom. The Hall–Kier alpha value is -3.06. The fraction of sp³-hybridized carbons (Fsp3) is 0.483. The van der Waals surface area contributed by atoms with E-state index in [0.717, 1.165) is 72.6 Å². The minimum absolute atomic E-state index is 0.0288. The first-order valence-corrected chi connectivity index (χ1v) is 16.8. The fourth-order valence-electron chi connectivity index (χ4n) is 5.96. The van der Waals surface area contributed by atoms with Crippen LogP contribution in [0, 0.1) is 5.92 Å². The molecule has 1 amide bonds. The van der Waals surface area contributed by atoms with Crippen LogP contribution in [0.15, 0.2) is 47.9 Å². The molecule has 4 heterocycles. The van der Waals surface area contributed by atoms with Crippen LogP contribution in [0.25, 0.3) is 0 Å². The topological polar surface area (TPSA) is 126 Å². The average molecular weight is 646 g/mol. The Labute approximate surface area is 261 Å². The third-order valence-electron chi connectivity index (χ3n) is 8.53. The molecular weight excluding hydrogens is 611 g/mol. The highest BCUT2D eigenvalue weighted by molar-refractivity contribution is 7.89. The van der Waals surface area contributed by atoms with Crippen LogP contribution in [0.5, 0.6) is 0 Å². The van der Waals surface area contributed by atoms with Crippen LogP contribution in [0.2, 0.25) is 10.0 Å². The average Bonchev–Trinajstić information content (AvgIpc) is 3.47.